The van der Waals surface area contributed by atoms with E-state index in [9.17, 15) is 47.0 Å². The molecule has 0 aliphatic carbocycles. The van der Waals surface area contributed by atoms with Crippen molar-refractivity contribution in [2.24, 2.45) is 17.1 Å². The molecule has 1 aliphatic heterocycles. The van der Waals surface area contributed by atoms with Crippen molar-refractivity contribution in [2.45, 2.75) is 78.2 Å². The highest BCUT2D eigenvalue weighted by molar-refractivity contribution is 7.13. The van der Waals surface area contributed by atoms with Gasteiger partial charge < -0.3 is 50.3 Å². The molecule has 21 nitrogen and oxygen atoms in total. The van der Waals surface area contributed by atoms with Gasteiger partial charge in [-0.1, -0.05) is 45.0 Å². The number of Topliss-reactive ketones (excluding diaryl/α,β-unsaturated/α-hetero) is 2. The molecule has 0 radical (unpaired) electrons. The van der Waals surface area contributed by atoms with Crippen molar-refractivity contribution in [3.63, 3.8) is 0 Å². The van der Waals surface area contributed by atoms with E-state index in [-0.39, 0.29) is 130 Å². The zero-order chi connectivity index (χ0) is 56.9. The van der Waals surface area contributed by atoms with Gasteiger partial charge in [0.2, 0.25) is 17.7 Å². The molecule has 420 valence electrons. The number of thiazole rings is 1. The highest BCUT2D eigenvalue weighted by Gasteiger charge is 2.44. The number of nitrogens with one attached hydrogen (secondary N) is 3. The topological polar surface area (TPSA) is 285 Å². The molecule has 0 spiro atoms. The van der Waals surface area contributed by atoms with Crippen molar-refractivity contribution in [3.05, 3.63) is 113 Å². The van der Waals surface area contributed by atoms with Crippen LogP contribution in [-0.4, -0.2) is 141 Å². The summed E-state index contributed by atoms with van der Waals surface area (Å²) in [4.78, 5) is 93.6. The molecule has 2 aromatic carbocycles. The Hall–Kier alpha value is -7.71. The van der Waals surface area contributed by atoms with Crippen LogP contribution in [0.5, 0.6) is 0 Å². The molecule has 1 saturated heterocycles. The Morgan fingerprint density at radius 3 is 2.30 bits per heavy atom. The van der Waals surface area contributed by atoms with E-state index in [1.807, 2.05) is 52.0 Å². The Kier molecular flexibility index (Phi) is 20.0. The molecular formula is C54H61F3N10O11S. The van der Waals surface area contributed by atoms with E-state index < -0.39 is 48.0 Å². The smallest absolute Gasteiger partial charge is 0.405 e. The molecule has 79 heavy (non-hydrogen) atoms. The number of alkyl halides is 3. The monoisotopic (exact) mass is 1110 g/mol. The molecule has 6 aromatic rings. The summed E-state index contributed by atoms with van der Waals surface area (Å²) >= 11 is 1.56. The number of nitrogens with two attached hydrogens (primary N) is 1. The van der Waals surface area contributed by atoms with Crippen LogP contribution < -0.4 is 21.7 Å². The van der Waals surface area contributed by atoms with Crippen LogP contribution in [0.15, 0.2) is 89.2 Å². The van der Waals surface area contributed by atoms with Crippen LogP contribution >= 0.6 is 11.3 Å². The van der Waals surface area contributed by atoms with Crippen LogP contribution in [0.25, 0.3) is 27.6 Å². The van der Waals surface area contributed by atoms with E-state index in [0.29, 0.717) is 17.7 Å². The lowest BCUT2D eigenvalue weighted by atomic mass is 9.77. The van der Waals surface area contributed by atoms with Gasteiger partial charge >= 0.3 is 6.18 Å². The number of halogens is 3. The first-order chi connectivity index (χ1) is 37.6. The number of ether oxygens (including phenoxy) is 3. The molecule has 6 N–H and O–H groups in total. The number of pyridine rings is 1. The number of benzene rings is 2. The summed E-state index contributed by atoms with van der Waals surface area (Å²) < 4.78 is 61.4. The van der Waals surface area contributed by atoms with Gasteiger partial charge in [-0.25, -0.2) is 19.6 Å². The Morgan fingerprint density at radius 2 is 1.63 bits per heavy atom. The van der Waals surface area contributed by atoms with Crippen LogP contribution in [0.1, 0.15) is 89.0 Å². The predicted octanol–water partition coefficient (Wildman–Crippen LogP) is 6.59. The van der Waals surface area contributed by atoms with Crippen molar-refractivity contribution in [1.82, 2.24) is 34.9 Å². The van der Waals surface area contributed by atoms with Crippen molar-refractivity contribution >= 4 is 58.0 Å². The largest absolute Gasteiger partial charge is 0.444 e. The molecular weight excluding hydrogens is 1050 g/mol. The van der Waals surface area contributed by atoms with Gasteiger partial charge in [0.05, 0.1) is 66.2 Å². The number of aryl methyl sites for hydroxylation is 1. The molecule has 4 amide bonds. The van der Waals surface area contributed by atoms with Crippen LogP contribution in [0.4, 0.5) is 24.7 Å². The van der Waals surface area contributed by atoms with E-state index >= 15 is 0 Å². The summed E-state index contributed by atoms with van der Waals surface area (Å²) in [6.07, 6.45) is -1.13. The van der Waals surface area contributed by atoms with E-state index in [2.05, 4.69) is 36.0 Å². The van der Waals surface area contributed by atoms with Gasteiger partial charge in [0.25, 0.3) is 11.8 Å². The number of aliphatic hydroxyl groups excluding tert-OH is 1. The molecule has 5 heterocycles. The molecule has 1 aliphatic rings. The minimum absolute atomic E-state index is 0.0155. The number of rotatable bonds is 27. The number of hydrogen-bond acceptors (Lipinski definition) is 17. The zero-order valence-electron chi connectivity index (χ0n) is 43.8. The number of carbonyl (C=O) groups is 6. The quantitative estimate of drug-likeness (QED) is 0.0268. The summed E-state index contributed by atoms with van der Waals surface area (Å²) in [5.41, 5.74) is 10.1. The third kappa shape index (κ3) is 16.7. The summed E-state index contributed by atoms with van der Waals surface area (Å²) in [6.45, 7) is 7.28. The molecule has 7 rings (SSSR count). The zero-order valence-corrected chi connectivity index (χ0v) is 44.7. The number of primary amides is 1. The summed E-state index contributed by atoms with van der Waals surface area (Å²) in [7, 11) is 0. The maximum Gasteiger partial charge on any atom is 0.405 e. The highest BCUT2D eigenvalue weighted by atomic mass is 32.1. The Bertz CT molecular complexity index is 3080. The Morgan fingerprint density at radius 1 is 0.924 bits per heavy atom. The first kappa shape index (κ1) is 59.0. The second-order valence-corrected chi connectivity index (χ2v) is 20.5. The molecule has 0 unspecified atom stereocenters. The van der Waals surface area contributed by atoms with Crippen molar-refractivity contribution in [1.29, 1.82) is 0 Å². The van der Waals surface area contributed by atoms with Crippen LogP contribution in [0.3, 0.4) is 0 Å². The fourth-order valence-corrected chi connectivity index (χ4v) is 9.26. The van der Waals surface area contributed by atoms with Crippen molar-refractivity contribution in [3.8, 4) is 27.6 Å². The summed E-state index contributed by atoms with van der Waals surface area (Å²) in [5, 5.41) is 22.4. The van der Waals surface area contributed by atoms with E-state index in [1.165, 1.54) is 34.1 Å². The number of amides is 4. The second-order valence-electron chi connectivity index (χ2n) is 19.7. The van der Waals surface area contributed by atoms with Gasteiger partial charge in [-0.05, 0) is 66.3 Å². The minimum atomic E-state index is -4.47. The SMILES string of the molecule is Cc1ncsc1-c1ccc(CNC(=O)[C@@H]2C[C@@H](O)CN2C(=O)[C@@H](CC(=O)COCCOCCOCCCC(=O)c2ccc(-n3cc(NC(=O)c4coc(-c5ccnc(NCC(F)(F)F)c5)n4)c(C(N)=O)n3)cc2)C(C)(C)C)cc1. The lowest BCUT2D eigenvalue weighted by molar-refractivity contribution is -0.146. The molecule has 1 fully saturated rings. The number of aliphatic hydroxyl groups is 1. The first-order valence-electron chi connectivity index (χ1n) is 25.2. The van der Waals surface area contributed by atoms with Crippen LogP contribution in [0.2, 0.25) is 0 Å². The number of likely N-dealkylation sites (tertiary alicyclic amines) is 1. The summed E-state index contributed by atoms with van der Waals surface area (Å²) in [6, 6.07) is 16.0. The lowest BCUT2D eigenvalue weighted by Crippen LogP contribution is -2.50. The lowest BCUT2D eigenvalue weighted by Gasteiger charge is -2.34. The van der Waals surface area contributed by atoms with Gasteiger partial charge in [-0.15, -0.1) is 11.3 Å². The number of ketones is 2. The van der Waals surface area contributed by atoms with E-state index in [0.717, 1.165) is 28.0 Å². The predicted molar refractivity (Wildman–Crippen MR) is 283 cm³/mol. The normalized spacial score (nSPS) is 15.0. The van der Waals surface area contributed by atoms with Crippen molar-refractivity contribution < 1.29 is 65.7 Å². The van der Waals surface area contributed by atoms with Gasteiger partial charge in [0.15, 0.2) is 23.0 Å². The Balaban J connectivity index is 0.770. The standard InChI is InChI=1S/C54H61F3N10O11S/c1-32-47(79-31-62-32)35-9-7-33(8-10-35)25-60-50(73)43-24-38(68)26-66(43)52(74)40(53(2,3)4)23-39(69)28-77-21-20-76-19-18-75-17-5-6-44(70)34-11-13-37(14-12-34)67-27-41(46(65-67)48(58)71)63-49(72)42-29-78-51(64-42)36-15-16-59-45(22-36)61-30-54(55,56)57/h7-16,22,27,29,31,38,40,43,68H,5-6,17-21,23-26,28,30H2,1-4H3,(H2,58,71)(H,59,61)(H,60,73)(H,63,72)/t38-,40-,43+/m1/s1. The first-order valence-corrected chi connectivity index (χ1v) is 26.1. The van der Waals surface area contributed by atoms with Crippen LogP contribution in [0, 0.1) is 18.3 Å². The van der Waals surface area contributed by atoms with Gasteiger partial charge in [-0.2, -0.15) is 18.3 Å². The number of anilines is 2. The summed E-state index contributed by atoms with van der Waals surface area (Å²) in [5.74, 6) is -3.86. The van der Waals surface area contributed by atoms with Gasteiger partial charge in [-0.3, -0.25) is 28.8 Å². The molecule has 25 heteroatoms. The number of aromatic nitrogens is 5. The molecule has 0 saturated carbocycles. The van der Waals surface area contributed by atoms with Gasteiger partial charge in [0.1, 0.15) is 31.3 Å². The van der Waals surface area contributed by atoms with Crippen LogP contribution in [-0.2, 0) is 35.1 Å². The second kappa shape index (κ2) is 26.8. The molecule has 4 aromatic heterocycles. The fourth-order valence-electron chi connectivity index (χ4n) is 8.45. The highest BCUT2D eigenvalue weighted by Crippen LogP contribution is 2.34. The third-order valence-corrected chi connectivity index (χ3v) is 13.6. The van der Waals surface area contributed by atoms with E-state index in [4.69, 9.17) is 24.4 Å². The number of nitrogens with zero attached hydrogens (tertiary/aromatic N) is 6. The number of β-amino-alcohol motifs (C(OH)–C–C–N with tert-alkyl or cyclic N) is 1. The maximum atomic E-state index is 14.0. The van der Waals surface area contributed by atoms with E-state index in [1.54, 1.807) is 41.1 Å². The number of carbonyl (C=O) groups excluding carboxylic acids is 6. The Labute approximate surface area is 456 Å². The third-order valence-electron chi connectivity index (χ3n) is 12.6. The number of hydrogen-bond donors (Lipinski definition) is 5. The fraction of sp³-hybridized carbons (Fsp3) is 0.407. The number of oxazole rings is 1. The van der Waals surface area contributed by atoms with Crippen molar-refractivity contribution in [2.75, 3.05) is 63.4 Å². The molecule has 3 atom stereocenters. The molecule has 0 bridgehead atoms. The minimum Gasteiger partial charge on any atom is -0.444 e. The van der Waals surface area contributed by atoms with Gasteiger partial charge in [0, 0.05) is 62.2 Å². The average Bonchev–Trinajstić information content (AvgIpc) is 4.29. The average molecular weight is 1120 g/mol. The maximum absolute atomic E-state index is 14.0.